The number of carbonyl (C=O) groups is 2. The van der Waals surface area contributed by atoms with Crippen molar-refractivity contribution in [3.05, 3.63) is 52.0 Å². The molecule has 1 atom stereocenters. The molecule has 0 unspecified atom stereocenters. The second kappa shape index (κ2) is 7.65. The van der Waals surface area contributed by atoms with Crippen LogP contribution in [0.1, 0.15) is 22.8 Å². The van der Waals surface area contributed by atoms with E-state index >= 15 is 0 Å². The minimum Gasteiger partial charge on any atom is -0.480 e. The normalized spacial score (nSPS) is 13.0. The monoisotopic (exact) mass is 420 g/mol. The Morgan fingerprint density at radius 2 is 1.88 bits per heavy atom. The van der Waals surface area contributed by atoms with E-state index < -0.39 is 17.9 Å². The second-order valence-electron chi connectivity index (χ2n) is 5.71. The lowest BCUT2D eigenvalue weighted by atomic mass is 10.2. The van der Waals surface area contributed by atoms with Gasteiger partial charge in [0.05, 0.1) is 4.47 Å². The maximum Gasteiger partial charge on any atom is 0.279 e. The van der Waals surface area contributed by atoms with Crippen molar-refractivity contribution in [1.82, 2.24) is 10.9 Å². The number of hydrogen-bond donors (Lipinski definition) is 2. The minimum atomic E-state index is -0.800. The van der Waals surface area contributed by atoms with Gasteiger partial charge in [0, 0.05) is 5.56 Å². The zero-order valence-electron chi connectivity index (χ0n) is 14.2. The zero-order chi connectivity index (χ0) is 18.7. The molecule has 1 heterocycles. The molecular weight excluding hydrogens is 404 g/mol. The van der Waals surface area contributed by atoms with Crippen LogP contribution in [0.25, 0.3) is 0 Å². The number of rotatable bonds is 4. The van der Waals surface area contributed by atoms with Crippen LogP contribution in [0.4, 0.5) is 0 Å². The Kier molecular flexibility index (Phi) is 5.32. The number of hydrazine groups is 1. The van der Waals surface area contributed by atoms with Gasteiger partial charge >= 0.3 is 0 Å². The third kappa shape index (κ3) is 4.08. The molecule has 7 nitrogen and oxygen atoms in total. The van der Waals surface area contributed by atoms with Crippen molar-refractivity contribution in [3.63, 3.8) is 0 Å². The van der Waals surface area contributed by atoms with E-state index in [1.165, 1.54) is 0 Å². The molecule has 0 saturated carbocycles. The molecule has 0 fully saturated rings. The summed E-state index contributed by atoms with van der Waals surface area (Å²) in [5, 5.41) is 0. The van der Waals surface area contributed by atoms with Crippen molar-refractivity contribution in [2.75, 3.05) is 6.79 Å². The summed E-state index contributed by atoms with van der Waals surface area (Å²) in [5.41, 5.74) is 6.11. The maximum atomic E-state index is 12.2. The van der Waals surface area contributed by atoms with Gasteiger partial charge in [-0.25, -0.2) is 0 Å². The van der Waals surface area contributed by atoms with Gasteiger partial charge in [-0.15, -0.1) is 0 Å². The van der Waals surface area contributed by atoms with Gasteiger partial charge in [0.1, 0.15) is 5.75 Å². The van der Waals surface area contributed by atoms with Crippen LogP contribution in [0.2, 0.25) is 0 Å². The number of nitrogens with one attached hydrogen (secondary N) is 2. The van der Waals surface area contributed by atoms with Gasteiger partial charge in [-0.3, -0.25) is 20.4 Å². The summed E-state index contributed by atoms with van der Waals surface area (Å²) < 4.78 is 16.8. The van der Waals surface area contributed by atoms with Crippen LogP contribution in [-0.2, 0) is 4.79 Å². The first kappa shape index (κ1) is 18.1. The Balaban J connectivity index is 1.55. The van der Waals surface area contributed by atoms with Crippen molar-refractivity contribution in [2.24, 2.45) is 0 Å². The van der Waals surface area contributed by atoms with Crippen LogP contribution in [0, 0.1) is 6.92 Å². The average Bonchev–Trinajstić information content (AvgIpc) is 3.09. The molecule has 0 radical (unpaired) electrons. The van der Waals surface area contributed by atoms with Gasteiger partial charge in [-0.05, 0) is 65.7 Å². The van der Waals surface area contributed by atoms with Crippen LogP contribution >= 0.6 is 15.9 Å². The Hall–Kier alpha value is -2.74. The maximum absolute atomic E-state index is 12.2. The SMILES string of the molecule is Cc1ccc(O[C@@H](C)C(=O)NNC(=O)c2ccc3c(c2)OCO3)c(Br)c1. The van der Waals surface area contributed by atoms with E-state index in [0.717, 1.165) is 10.0 Å². The summed E-state index contributed by atoms with van der Waals surface area (Å²) in [6.45, 7) is 3.67. The van der Waals surface area contributed by atoms with Gasteiger partial charge < -0.3 is 14.2 Å². The number of amides is 2. The van der Waals surface area contributed by atoms with E-state index in [2.05, 4.69) is 26.8 Å². The van der Waals surface area contributed by atoms with E-state index in [1.54, 1.807) is 31.2 Å². The number of ether oxygens (including phenoxy) is 3. The fraction of sp³-hybridized carbons (Fsp3) is 0.222. The van der Waals surface area contributed by atoms with Crippen molar-refractivity contribution in [1.29, 1.82) is 0 Å². The Labute approximate surface area is 158 Å². The van der Waals surface area contributed by atoms with Gasteiger partial charge in [-0.2, -0.15) is 0 Å². The molecule has 0 saturated heterocycles. The Morgan fingerprint density at radius 1 is 1.12 bits per heavy atom. The summed E-state index contributed by atoms with van der Waals surface area (Å²) in [6.07, 6.45) is -0.800. The highest BCUT2D eigenvalue weighted by Crippen LogP contribution is 2.32. The van der Waals surface area contributed by atoms with Crippen molar-refractivity contribution >= 4 is 27.7 Å². The van der Waals surface area contributed by atoms with Crippen molar-refractivity contribution < 1.29 is 23.8 Å². The average molecular weight is 421 g/mol. The number of fused-ring (bicyclic) bond motifs is 1. The lowest BCUT2D eigenvalue weighted by molar-refractivity contribution is -0.128. The standard InChI is InChI=1S/C18H17BrN2O5/c1-10-3-5-14(13(19)7-10)26-11(2)17(22)20-21-18(23)12-4-6-15-16(8-12)25-9-24-15/h3-8,11H,9H2,1-2H3,(H,20,22)(H,21,23)/t11-/m0/s1. The highest BCUT2D eigenvalue weighted by atomic mass is 79.9. The fourth-order valence-electron chi connectivity index (χ4n) is 2.28. The molecule has 2 aromatic rings. The second-order valence-corrected chi connectivity index (χ2v) is 6.56. The molecule has 0 spiro atoms. The van der Waals surface area contributed by atoms with Crippen molar-refractivity contribution in [2.45, 2.75) is 20.0 Å². The lowest BCUT2D eigenvalue weighted by Crippen LogP contribution is -2.47. The first-order valence-corrected chi connectivity index (χ1v) is 8.66. The number of halogens is 1. The predicted molar refractivity (Wildman–Crippen MR) is 97.1 cm³/mol. The molecule has 136 valence electrons. The highest BCUT2D eigenvalue weighted by Gasteiger charge is 2.19. The number of benzene rings is 2. The molecule has 0 aromatic heterocycles. The van der Waals surface area contributed by atoms with Crippen LogP contribution in [0.3, 0.4) is 0 Å². The van der Waals surface area contributed by atoms with E-state index in [0.29, 0.717) is 22.8 Å². The topological polar surface area (TPSA) is 85.9 Å². The molecule has 26 heavy (non-hydrogen) atoms. The quantitative estimate of drug-likeness (QED) is 0.742. The number of carbonyl (C=O) groups excluding carboxylic acids is 2. The van der Waals surface area contributed by atoms with Crippen LogP contribution < -0.4 is 25.1 Å². The van der Waals surface area contributed by atoms with Gasteiger partial charge in [0.25, 0.3) is 11.8 Å². The Morgan fingerprint density at radius 3 is 2.65 bits per heavy atom. The first-order chi connectivity index (χ1) is 12.4. The lowest BCUT2D eigenvalue weighted by Gasteiger charge is -2.16. The van der Waals surface area contributed by atoms with Gasteiger partial charge in [-0.1, -0.05) is 6.07 Å². The third-order valence-corrected chi connectivity index (χ3v) is 4.31. The Bertz CT molecular complexity index is 855. The van der Waals surface area contributed by atoms with Gasteiger partial charge in [0.15, 0.2) is 17.6 Å². The van der Waals surface area contributed by atoms with Crippen LogP contribution in [0.5, 0.6) is 17.2 Å². The summed E-state index contributed by atoms with van der Waals surface area (Å²) >= 11 is 3.39. The largest absolute Gasteiger partial charge is 0.480 e. The minimum absolute atomic E-state index is 0.126. The van der Waals surface area contributed by atoms with E-state index in [-0.39, 0.29) is 6.79 Å². The molecule has 2 N–H and O–H groups in total. The molecule has 1 aliphatic heterocycles. The summed E-state index contributed by atoms with van der Waals surface area (Å²) in [4.78, 5) is 24.3. The number of aryl methyl sites for hydroxylation is 1. The van der Waals surface area contributed by atoms with E-state index in [4.69, 9.17) is 14.2 Å². The molecule has 1 aliphatic rings. The number of hydrogen-bond acceptors (Lipinski definition) is 5. The predicted octanol–water partition coefficient (Wildman–Crippen LogP) is 2.71. The summed E-state index contributed by atoms with van der Waals surface area (Å²) in [6, 6.07) is 10.3. The molecular formula is C18H17BrN2O5. The van der Waals surface area contributed by atoms with Crippen LogP contribution in [-0.4, -0.2) is 24.7 Å². The molecule has 3 rings (SSSR count). The van der Waals surface area contributed by atoms with E-state index in [1.807, 2.05) is 19.1 Å². The van der Waals surface area contributed by atoms with Crippen molar-refractivity contribution in [3.8, 4) is 17.2 Å². The summed E-state index contributed by atoms with van der Waals surface area (Å²) in [7, 11) is 0. The smallest absolute Gasteiger partial charge is 0.279 e. The zero-order valence-corrected chi connectivity index (χ0v) is 15.8. The third-order valence-electron chi connectivity index (χ3n) is 3.69. The van der Waals surface area contributed by atoms with E-state index in [9.17, 15) is 9.59 Å². The molecule has 2 amide bonds. The molecule has 0 bridgehead atoms. The van der Waals surface area contributed by atoms with Crippen LogP contribution in [0.15, 0.2) is 40.9 Å². The molecule has 0 aliphatic carbocycles. The first-order valence-electron chi connectivity index (χ1n) is 7.86. The summed E-state index contributed by atoms with van der Waals surface area (Å²) in [5.74, 6) is 0.661. The molecule has 8 heteroatoms. The van der Waals surface area contributed by atoms with Gasteiger partial charge in [0.2, 0.25) is 6.79 Å². The fourth-order valence-corrected chi connectivity index (χ4v) is 2.86. The molecule has 2 aromatic carbocycles. The highest BCUT2D eigenvalue weighted by molar-refractivity contribution is 9.10.